The average molecular weight is 256 g/mol. The van der Waals surface area contributed by atoms with E-state index < -0.39 is 0 Å². The SMILES string of the molecule is CCc1ccccc1Oc1cc(C)nc(C)c1CN. The van der Waals surface area contributed by atoms with Gasteiger partial charge in [-0.05, 0) is 31.9 Å². The Morgan fingerprint density at radius 2 is 1.89 bits per heavy atom. The molecule has 0 radical (unpaired) electrons. The van der Waals surface area contributed by atoms with Gasteiger partial charge in [-0.15, -0.1) is 0 Å². The molecule has 100 valence electrons. The minimum Gasteiger partial charge on any atom is -0.457 e. The first kappa shape index (κ1) is 13.6. The number of aryl methyl sites for hydroxylation is 3. The number of pyridine rings is 1. The Hall–Kier alpha value is -1.87. The number of nitrogens with two attached hydrogens (primary N) is 1. The fourth-order valence-electron chi connectivity index (χ4n) is 2.17. The predicted molar refractivity (Wildman–Crippen MR) is 77.5 cm³/mol. The van der Waals surface area contributed by atoms with Crippen LogP contribution in [0.1, 0.15) is 29.4 Å². The monoisotopic (exact) mass is 256 g/mol. The van der Waals surface area contributed by atoms with Crippen molar-refractivity contribution in [3.05, 3.63) is 52.8 Å². The van der Waals surface area contributed by atoms with Gasteiger partial charge in [0.25, 0.3) is 0 Å². The van der Waals surface area contributed by atoms with Crippen LogP contribution < -0.4 is 10.5 Å². The molecule has 0 fully saturated rings. The molecule has 0 unspecified atom stereocenters. The van der Waals surface area contributed by atoms with Crippen LogP contribution in [0.5, 0.6) is 11.5 Å². The van der Waals surface area contributed by atoms with E-state index in [1.54, 1.807) is 0 Å². The largest absolute Gasteiger partial charge is 0.457 e. The summed E-state index contributed by atoms with van der Waals surface area (Å²) in [6, 6.07) is 10.0. The first-order chi connectivity index (χ1) is 9.15. The minimum atomic E-state index is 0.433. The van der Waals surface area contributed by atoms with Crippen LogP contribution in [0.15, 0.2) is 30.3 Å². The van der Waals surface area contributed by atoms with E-state index in [9.17, 15) is 0 Å². The number of aromatic nitrogens is 1. The Morgan fingerprint density at radius 1 is 1.16 bits per heavy atom. The summed E-state index contributed by atoms with van der Waals surface area (Å²) < 4.78 is 6.06. The van der Waals surface area contributed by atoms with Crippen LogP contribution in [0, 0.1) is 13.8 Å². The standard InChI is InChI=1S/C16H20N2O/c1-4-13-7-5-6-8-15(13)19-16-9-11(2)18-12(3)14(16)10-17/h5-9H,4,10,17H2,1-3H3. The van der Waals surface area contributed by atoms with Crippen LogP contribution in [0.3, 0.4) is 0 Å². The van der Waals surface area contributed by atoms with E-state index in [0.29, 0.717) is 6.54 Å². The zero-order chi connectivity index (χ0) is 13.8. The van der Waals surface area contributed by atoms with E-state index in [-0.39, 0.29) is 0 Å². The number of hydrogen-bond donors (Lipinski definition) is 1. The van der Waals surface area contributed by atoms with Crippen LogP contribution in [0.2, 0.25) is 0 Å². The number of para-hydroxylation sites is 1. The Bertz CT molecular complexity index is 579. The van der Waals surface area contributed by atoms with Crippen LogP contribution in [0.25, 0.3) is 0 Å². The Kier molecular flexibility index (Phi) is 4.17. The molecule has 2 rings (SSSR count). The van der Waals surface area contributed by atoms with E-state index in [1.165, 1.54) is 5.56 Å². The van der Waals surface area contributed by atoms with Crippen molar-refractivity contribution >= 4 is 0 Å². The van der Waals surface area contributed by atoms with Crippen molar-refractivity contribution in [1.82, 2.24) is 4.98 Å². The molecule has 0 spiro atoms. The van der Waals surface area contributed by atoms with E-state index in [0.717, 1.165) is 34.9 Å². The summed E-state index contributed by atoms with van der Waals surface area (Å²) in [4.78, 5) is 4.43. The first-order valence-electron chi connectivity index (χ1n) is 6.58. The molecule has 2 N–H and O–H groups in total. The molecule has 3 nitrogen and oxygen atoms in total. The molecule has 3 heteroatoms. The molecule has 0 bridgehead atoms. The number of ether oxygens (including phenoxy) is 1. The second-order valence-corrected chi connectivity index (χ2v) is 4.59. The molecule has 0 aliphatic heterocycles. The number of hydrogen-bond acceptors (Lipinski definition) is 3. The van der Waals surface area contributed by atoms with E-state index in [4.69, 9.17) is 10.5 Å². The molecule has 1 aromatic heterocycles. The van der Waals surface area contributed by atoms with Crippen LogP contribution in [-0.2, 0) is 13.0 Å². The van der Waals surface area contributed by atoms with Crippen molar-refractivity contribution in [1.29, 1.82) is 0 Å². The maximum Gasteiger partial charge on any atom is 0.135 e. The fraction of sp³-hybridized carbons (Fsp3) is 0.312. The third kappa shape index (κ3) is 2.93. The van der Waals surface area contributed by atoms with Crippen molar-refractivity contribution in [3.63, 3.8) is 0 Å². The summed E-state index contributed by atoms with van der Waals surface area (Å²) >= 11 is 0. The highest BCUT2D eigenvalue weighted by molar-refractivity contribution is 5.43. The normalized spacial score (nSPS) is 10.5. The quantitative estimate of drug-likeness (QED) is 0.910. The fourth-order valence-corrected chi connectivity index (χ4v) is 2.17. The topological polar surface area (TPSA) is 48.1 Å². The van der Waals surface area contributed by atoms with Gasteiger partial charge in [-0.1, -0.05) is 25.1 Å². The maximum absolute atomic E-state index is 6.06. The zero-order valence-corrected chi connectivity index (χ0v) is 11.7. The van der Waals surface area contributed by atoms with Gasteiger partial charge in [-0.2, -0.15) is 0 Å². The molecule has 19 heavy (non-hydrogen) atoms. The molecule has 0 aliphatic carbocycles. The highest BCUT2D eigenvalue weighted by Crippen LogP contribution is 2.30. The molecule has 0 amide bonds. The van der Waals surface area contributed by atoms with Crippen LogP contribution in [-0.4, -0.2) is 4.98 Å². The van der Waals surface area contributed by atoms with Gasteiger partial charge in [0.2, 0.25) is 0 Å². The molecule has 0 atom stereocenters. The Balaban J connectivity index is 2.43. The lowest BCUT2D eigenvalue weighted by atomic mass is 10.1. The van der Waals surface area contributed by atoms with Crippen molar-refractivity contribution in [2.45, 2.75) is 33.7 Å². The highest BCUT2D eigenvalue weighted by Gasteiger charge is 2.10. The predicted octanol–water partition coefficient (Wildman–Crippen LogP) is 3.51. The third-order valence-corrected chi connectivity index (χ3v) is 3.20. The van der Waals surface area contributed by atoms with Gasteiger partial charge in [-0.3, -0.25) is 4.98 Å². The number of rotatable bonds is 4. The minimum absolute atomic E-state index is 0.433. The Labute approximate surface area is 114 Å². The second kappa shape index (κ2) is 5.85. The van der Waals surface area contributed by atoms with Crippen molar-refractivity contribution < 1.29 is 4.74 Å². The van der Waals surface area contributed by atoms with Gasteiger partial charge in [0.15, 0.2) is 0 Å². The lowest BCUT2D eigenvalue weighted by Crippen LogP contribution is -2.05. The second-order valence-electron chi connectivity index (χ2n) is 4.59. The van der Waals surface area contributed by atoms with Crippen LogP contribution >= 0.6 is 0 Å². The van der Waals surface area contributed by atoms with Gasteiger partial charge in [0, 0.05) is 29.6 Å². The molecule has 0 aliphatic rings. The summed E-state index contributed by atoms with van der Waals surface area (Å²) in [7, 11) is 0. The lowest BCUT2D eigenvalue weighted by Gasteiger charge is -2.15. The summed E-state index contributed by atoms with van der Waals surface area (Å²) in [5.74, 6) is 1.71. The molecule has 1 aromatic carbocycles. The van der Waals surface area contributed by atoms with E-state index in [2.05, 4.69) is 18.0 Å². The molecule has 2 aromatic rings. The van der Waals surface area contributed by atoms with Crippen molar-refractivity contribution in [3.8, 4) is 11.5 Å². The molecule has 0 saturated heterocycles. The molecular weight excluding hydrogens is 236 g/mol. The van der Waals surface area contributed by atoms with Crippen molar-refractivity contribution in [2.75, 3.05) is 0 Å². The van der Waals surface area contributed by atoms with E-state index >= 15 is 0 Å². The highest BCUT2D eigenvalue weighted by atomic mass is 16.5. The van der Waals surface area contributed by atoms with Crippen LogP contribution in [0.4, 0.5) is 0 Å². The number of benzene rings is 1. The molecule has 1 heterocycles. The third-order valence-electron chi connectivity index (χ3n) is 3.20. The van der Waals surface area contributed by atoms with Crippen molar-refractivity contribution in [2.24, 2.45) is 5.73 Å². The summed E-state index contributed by atoms with van der Waals surface area (Å²) in [6.07, 6.45) is 0.942. The Morgan fingerprint density at radius 3 is 2.58 bits per heavy atom. The van der Waals surface area contributed by atoms with Gasteiger partial charge < -0.3 is 10.5 Å². The maximum atomic E-state index is 6.06. The lowest BCUT2D eigenvalue weighted by molar-refractivity contribution is 0.468. The van der Waals surface area contributed by atoms with E-state index in [1.807, 2.05) is 38.1 Å². The zero-order valence-electron chi connectivity index (χ0n) is 11.7. The number of nitrogens with zero attached hydrogens (tertiary/aromatic N) is 1. The molecule has 0 saturated carbocycles. The van der Waals surface area contributed by atoms with Gasteiger partial charge >= 0.3 is 0 Å². The summed E-state index contributed by atoms with van der Waals surface area (Å²) in [5, 5.41) is 0. The van der Waals surface area contributed by atoms with Gasteiger partial charge in [0.1, 0.15) is 11.5 Å². The van der Waals surface area contributed by atoms with Gasteiger partial charge in [-0.25, -0.2) is 0 Å². The summed E-state index contributed by atoms with van der Waals surface area (Å²) in [5.41, 5.74) is 9.85. The average Bonchev–Trinajstić information content (AvgIpc) is 2.39. The molecular formula is C16H20N2O. The summed E-state index contributed by atoms with van der Waals surface area (Å²) in [6.45, 7) is 6.48. The van der Waals surface area contributed by atoms with Gasteiger partial charge in [0.05, 0.1) is 0 Å². The first-order valence-corrected chi connectivity index (χ1v) is 6.58. The smallest absolute Gasteiger partial charge is 0.135 e.